The third-order valence-electron chi connectivity index (χ3n) is 5.78. The average Bonchev–Trinajstić information content (AvgIpc) is 3.11. The van der Waals surface area contributed by atoms with Crippen molar-refractivity contribution in [3.63, 3.8) is 0 Å². The minimum Gasteiger partial charge on any atom is -0.459 e. The number of likely N-dealkylation sites (tertiary alicyclic amines) is 1. The van der Waals surface area contributed by atoms with E-state index in [0.29, 0.717) is 24.3 Å². The van der Waals surface area contributed by atoms with Gasteiger partial charge in [-0.25, -0.2) is 0 Å². The Balaban J connectivity index is 1.46. The molecule has 1 spiro atoms. The molecule has 2 heterocycles. The summed E-state index contributed by atoms with van der Waals surface area (Å²) in [5.74, 6) is 1.13. The molecule has 2 N–H and O–H groups in total. The van der Waals surface area contributed by atoms with E-state index in [1.165, 1.54) is 57.6 Å². The molecule has 2 aliphatic rings. The van der Waals surface area contributed by atoms with E-state index < -0.39 is 0 Å². The summed E-state index contributed by atoms with van der Waals surface area (Å²) in [6.07, 6.45) is 12.4. The van der Waals surface area contributed by atoms with Gasteiger partial charge in [0.25, 0.3) is 5.91 Å². The number of nitrogens with zero attached hydrogens (tertiary/aromatic N) is 2. The molecule has 1 aliphatic carbocycles. The van der Waals surface area contributed by atoms with Crippen molar-refractivity contribution in [2.45, 2.75) is 51.4 Å². The Morgan fingerprint density at radius 2 is 1.88 bits per heavy atom. The summed E-state index contributed by atoms with van der Waals surface area (Å²) in [4.78, 5) is 18.8. The molecule has 144 valence electrons. The van der Waals surface area contributed by atoms with Gasteiger partial charge in [-0.05, 0) is 43.2 Å². The number of furan rings is 1. The van der Waals surface area contributed by atoms with Gasteiger partial charge in [-0.3, -0.25) is 9.79 Å². The van der Waals surface area contributed by atoms with Gasteiger partial charge in [0.05, 0.1) is 6.26 Å². The second-order valence-corrected chi connectivity index (χ2v) is 7.65. The quantitative estimate of drug-likeness (QED) is 0.492. The molecule has 3 rings (SSSR count). The number of carbonyl (C=O) groups is 1. The van der Waals surface area contributed by atoms with Crippen LogP contribution in [0.15, 0.2) is 27.8 Å². The molecule has 26 heavy (non-hydrogen) atoms. The van der Waals surface area contributed by atoms with E-state index in [-0.39, 0.29) is 5.91 Å². The number of piperidine rings is 1. The predicted octanol–water partition coefficient (Wildman–Crippen LogP) is 3.02. The van der Waals surface area contributed by atoms with E-state index in [9.17, 15) is 4.79 Å². The van der Waals surface area contributed by atoms with Gasteiger partial charge < -0.3 is 20.0 Å². The Bertz CT molecular complexity index is 589. The lowest BCUT2D eigenvalue weighted by Gasteiger charge is -2.44. The average molecular weight is 361 g/mol. The fraction of sp³-hybridized carbons (Fsp3) is 0.700. The second-order valence-electron chi connectivity index (χ2n) is 7.65. The van der Waals surface area contributed by atoms with Crippen molar-refractivity contribution in [2.75, 3.05) is 33.2 Å². The molecule has 6 heteroatoms. The molecule has 1 saturated heterocycles. The van der Waals surface area contributed by atoms with Crippen molar-refractivity contribution in [1.29, 1.82) is 0 Å². The normalized spacial score (nSPS) is 20.7. The van der Waals surface area contributed by atoms with Crippen LogP contribution in [0.4, 0.5) is 0 Å². The van der Waals surface area contributed by atoms with Gasteiger partial charge in [-0.2, -0.15) is 0 Å². The van der Waals surface area contributed by atoms with E-state index in [1.807, 2.05) is 7.05 Å². The SMILES string of the molecule is CN=C(NCCNC(=O)c1ccco1)N1CCCC2(CCCCCC2)C1. The number of nitrogens with one attached hydrogen (secondary N) is 2. The molecule has 1 aliphatic heterocycles. The van der Waals surface area contributed by atoms with Crippen LogP contribution in [-0.4, -0.2) is 50.0 Å². The third-order valence-corrected chi connectivity index (χ3v) is 5.78. The van der Waals surface area contributed by atoms with Crippen LogP contribution in [0.2, 0.25) is 0 Å². The van der Waals surface area contributed by atoms with Gasteiger partial charge in [0.2, 0.25) is 0 Å². The summed E-state index contributed by atoms with van der Waals surface area (Å²) in [7, 11) is 1.85. The Morgan fingerprint density at radius 3 is 2.58 bits per heavy atom. The highest BCUT2D eigenvalue weighted by Gasteiger charge is 2.36. The van der Waals surface area contributed by atoms with Gasteiger partial charge in [0.15, 0.2) is 11.7 Å². The minimum atomic E-state index is -0.179. The van der Waals surface area contributed by atoms with Crippen molar-refractivity contribution >= 4 is 11.9 Å². The summed E-state index contributed by atoms with van der Waals surface area (Å²) >= 11 is 0. The van der Waals surface area contributed by atoms with Crippen molar-refractivity contribution in [3.05, 3.63) is 24.2 Å². The molecule has 0 bridgehead atoms. The minimum absolute atomic E-state index is 0.179. The van der Waals surface area contributed by atoms with E-state index >= 15 is 0 Å². The molecule has 1 saturated carbocycles. The highest BCUT2D eigenvalue weighted by Crippen LogP contribution is 2.42. The first-order valence-electron chi connectivity index (χ1n) is 10.00. The Morgan fingerprint density at radius 1 is 1.15 bits per heavy atom. The fourth-order valence-electron chi connectivity index (χ4n) is 4.45. The number of aliphatic imine (C=N–C) groups is 1. The maximum absolute atomic E-state index is 11.9. The first-order valence-corrected chi connectivity index (χ1v) is 10.00. The van der Waals surface area contributed by atoms with Crippen molar-refractivity contribution in [1.82, 2.24) is 15.5 Å². The standard InChI is InChI=1S/C20H32N4O2/c1-21-19(23-13-12-22-18(25)17-8-6-15-26-17)24-14-7-11-20(16-24)9-4-2-3-5-10-20/h6,8,15H,2-5,7,9-14,16H2,1H3,(H,21,23)(H,22,25). The molecule has 2 fully saturated rings. The Hall–Kier alpha value is -1.98. The van der Waals surface area contributed by atoms with Gasteiger partial charge >= 0.3 is 0 Å². The molecule has 0 atom stereocenters. The van der Waals surface area contributed by atoms with Crippen LogP contribution >= 0.6 is 0 Å². The highest BCUT2D eigenvalue weighted by atomic mass is 16.3. The second kappa shape index (κ2) is 9.10. The first kappa shape index (κ1) is 18.8. The van der Waals surface area contributed by atoms with Crippen LogP contribution < -0.4 is 10.6 Å². The van der Waals surface area contributed by atoms with Crippen LogP contribution in [0.1, 0.15) is 61.9 Å². The van der Waals surface area contributed by atoms with Crippen LogP contribution in [0.25, 0.3) is 0 Å². The number of rotatable bonds is 4. The monoisotopic (exact) mass is 360 g/mol. The summed E-state index contributed by atoms with van der Waals surface area (Å²) in [6, 6.07) is 3.39. The van der Waals surface area contributed by atoms with Gasteiger partial charge in [0, 0.05) is 33.2 Å². The van der Waals surface area contributed by atoms with E-state index in [0.717, 1.165) is 19.0 Å². The molecule has 1 aromatic heterocycles. The lowest BCUT2D eigenvalue weighted by molar-refractivity contribution is 0.0926. The van der Waals surface area contributed by atoms with Crippen LogP contribution in [0.5, 0.6) is 0 Å². The zero-order valence-corrected chi connectivity index (χ0v) is 15.9. The molecular formula is C20H32N4O2. The van der Waals surface area contributed by atoms with E-state index in [4.69, 9.17) is 4.42 Å². The first-order chi connectivity index (χ1) is 12.7. The molecule has 1 aromatic rings. The summed E-state index contributed by atoms with van der Waals surface area (Å²) in [5, 5.41) is 6.27. The number of hydrogen-bond donors (Lipinski definition) is 2. The number of amides is 1. The molecule has 0 radical (unpaired) electrons. The molecule has 6 nitrogen and oxygen atoms in total. The molecular weight excluding hydrogens is 328 g/mol. The topological polar surface area (TPSA) is 69.9 Å². The molecule has 0 aromatic carbocycles. The van der Waals surface area contributed by atoms with Gasteiger partial charge in [0.1, 0.15) is 0 Å². The summed E-state index contributed by atoms with van der Waals surface area (Å²) < 4.78 is 5.10. The maximum atomic E-state index is 11.9. The van der Waals surface area contributed by atoms with Crippen LogP contribution in [-0.2, 0) is 0 Å². The summed E-state index contributed by atoms with van der Waals surface area (Å²) in [5.41, 5.74) is 0.486. The Kier molecular flexibility index (Phi) is 6.58. The Labute approximate surface area is 156 Å². The third kappa shape index (κ3) is 4.80. The van der Waals surface area contributed by atoms with Crippen molar-refractivity contribution < 1.29 is 9.21 Å². The van der Waals surface area contributed by atoms with Gasteiger partial charge in [-0.1, -0.05) is 25.7 Å². The molecule has 0 unspecified atom stereocenters. The van der Waals surface area contributed by atoms with Crippen LogP contribution in [0, 0.1) is 5.41 Å². The zero-order valence-electron chi connectivity index (χ0n) is 15.9. The van der Waals surface area contributed by atoms with E-state index in [2.05, 4.69) is 20.5 Å². The van der Waals surface area contributed by atoms with Crippen LogP contribution in [0.3, 0.4) is 0 Å². The van der Waals surface area contributed by atoms with Crippen molar-refractivity contribution in [2.24, 2.45) is 10.4 Å². The lowest BCUT2D eigenvalue weighted by atomic mass is 9.74. The smallest absolute Gasteiger partial charge is 0.287 e. The lowest BCUT2D eigenvalue weighted by Crippen LogP contribution is -2.51. The van der Waals surface area contributed by atoms with Gasteiger partial charge in [-0.15, -0.1) is 0 Å². The largest absolute Gasteiger partial charge is 0.459 e. The van der Waals surface area contributed by atoms with E-state index in [1.54, 1.807) is 12.1 Å². The van der Waals surface area contributed by atoms with Crippen molar-refractivity contribution in [3.8, 4) is 0 Å². The predicted molar refractivity (Wildman–Crippen MR) is 103 cm³/mol. The highest BCUT2D eigenvalue weighted by molar-refractivity contribution is 5.91. The fourth-order valence-corrected chi connectivity index (χ4v) is 4.45. The summed E-state index contributed by atoms with van der Waals surface area (Å²) in [6.45, 7) is 3.38. The molecule has 1 amide bonds. The maximum Gasteiger partial charge on any atom is 0.287 e. The number of guanidine groups is 1. The number of hydrogen-bond acceptors (Lipinski definition) is 3. The number of carbonyl (C=O) groups excluding carboxylic acids is 1. The zero-order chi connectivity index (χ0) is 18.2.